The molecule has 0 fully saturated rings. The van der Waals surface area contributed by atoms with Crippen LogP contribution in [0.4, 0.5) is 0 Å². The quantitative estimate of drug-likeness (QED) is 0.811. The zero-order valence-electron chi connectivity index (χ0n) is 12.7. The van der Waals surface area contributed by atoms with Crippen molar-refractivity contribution in [2.45, 2.75) is 57.8 Å². The molecule has 1 aromatic carbocycles. The molecule has 0 saturated heterocycles. The summed E-state index contributed by atoms with van der Waals surface area (Å²) in [6.45, 7) is 10.6. The van der Waals surface area contributed by atoms with E-state index in [0.717, 1.165) is 18.4 Å². The molecule has 0 spiro atoms. The average molecular weight is 282 g/mol. The zero-order chi connectivity index (χ0) is 14.7. The molecule has 1 rings (SSSR count). The van der Waals surface area contributed by atoms with E-state index < -0.39 is 9.84 Å². The van der Waals surface area contributed by atoms with E-state index >= 15 is 0 Å². The predicted octanol–water partition coefficient (Wildman–Crippen LogP) is 4.19. The van der Waals surface area contributed by atoms with Crippen LogP contribution in [-0.4, -0.2) is 14.2 Å². The van der Waals surface area contributed by atoms with Crippen LogP contribution in [0.3, 0.4) is 0 Å². The first-order valence-corrected chi connectivity index (χ1v) is 8.61. The van der Waals surface area contributed by atoms with Crippen LogP contribution in [0.1, 0.15) is 53.0 Å². The van der Waals surface area contributed by atoms with Gasteiger partial charge in [0.2, 0.25) is 0 Å². The van der Waals surface area contributed by atoms with Crippen molar-refractivity contribution in [3.05, 3.63) is 29.8 Å². The van der Waals surface area contributed by atoms with Crippen LogP contribution in [0.25, 0.3) is 0 Å². The predicted molar refractivity (Wildman–Crippen MR) is 81.3 cm³/mol. The maximum absolute atomic E-state index is 12.2. The smallest absolute Gasteiger partial charge is 0.178 e. The molecule has 0 aliphatic carbocycles. The summed E-state index contributed by atoms with van der Waals surface area (Å²) in [5.74, 6) is 0.804. The highest BCUT2D eigenvalue weighted by Crippen LogP contribution is 2.24. The number of sulfone groups is 1. The van der Waals surface area contributed by atoms with Gasteiger partial charge in [-0.2, -0.15) is 0 Å². The Morgan fingerprint density at radius 2 is 1.58 bits per heavy atom. The van der Waals surface area contributed by atoms with Crippen molar-refractivity contribution in [2.24, 2.45) is 5.92 Å². The van der Waals surface area contributed by atoms with E-state index in [1.54, 1.807) is 12.1 Å². The Morgan fingerprint density at radius 1 is 1.05 bits per heavy atom. The minimum atomic E-state index is -3.12. The fourth-order valence-corrected chi connectivity index (χ4v) is 3.29. The highest BCUT2D eigenvalue weighted by molar-refractivity contribution is 7.91. The van der Waals surface area contributed by atoms with Crippen LogP contribution in [0.5, 0.6) is 0 Å². The van der Waals surface area contributed by atoms with Crippen LogP contribution in [0, 0.1) is 5.92 Å². The van der Waals surface area contributed by atoms with E-state index in [9.17, 15) is 8.42 Å². The van der Waals surface area contributed by atoms with Gasteiger partial charge in [-0.1, -0.05) is 46.8 Å². The lowest BCUT2D eigenvalue weighted by atomic mass is 9.87. The van der Waals surface area contributed by atoms with Crippen molar-refractivity contribution in [3.63, 3.8) is 0 Å². The Labute approximate surface area is 118 Å². The fraction of sp³-hybridized carbons (Fsp3) is 0.625. The van der Waals surface area contributed by atoms with E-state index in [0.29, 0.717) is 10.8 Å². The Hall–Kier alpha value is -0.830. The van der Waals surface area contributed by atoms with Gasteiger partial charge in [0.15, 0.2) is 9.84 Å². The molecule has 0 N–H and O–H groups in total. The van der Waals surface area contributed by atoms with Gasteiger partial charge < -0.3 is 0 Å². The highest BCUT2D eigenvalue weighted by atomic mass is 32.2. The highest BCUT2D eigenvalue weighted by Gasteiger charge is 2.17. The van der Waals surface area contributed by atoms with Gasteiger partial charge in [0.25, 0.3) is 0 Å². The largest absolute Gasteiger partial charge is 0.224 e. The summed E-state index contributed by atoms with van der Waals surface area (Å²) in [5.41, 5.74) is 1.22. The zero-order valence-corrected chi connectivity index (χ0v) is 13.5. The summed E-state index contributed by atoms with van der Waals surface area (Å²) >= 11 is 0. The minimum absolute atomic E-state index is 0.0555. The monoisotopic (exact) mass is 282 g/mol. The van der Waals surface area contributed by atoms with Crippen LogP contribution in [0.2, 0.25) is 0 Å². The first-order chi connectivity index (χ1) is 8.63. The van der Waals surface area contributed by atoms with E-state index in [2.05, 4.69) is 34.6 Å². The molecule has 108 valence electrons. The van der Waals surface area contributed by atoms with E-state index in [-0.39, 0.29) is 11.2 Å². The molecule has 0 atom stereocenters. The van der Waals surface area contributed by atoms with Crippen molar-refractivity contribution in [1.82, 2.24) is 0 Å². The number of hydrogen-bond acceptors (Lipinski definition) is 2. The second kappa shape index (κ2) is 6.08. The molecule has 0 aliphatic heterocycles. The van der Waals surface area contributed by atoms with Crippen molar-refractivity contribution >= 4 is 9.84 Å². The van der Waals surface area contributed by atoms with Gasteiger partial charge in [-0.3, -0.25) is 0 Å². The van der Waals surface area contributed by atoms with Gasteiger partial charge in [-0.05, 0) is 41.9 Å². The maximum Gasteiger partial charge on any atom is 0.178 e. The third-order valence-corrected chi connectivity index (χ3v) is 5.09. The normalized spacial score (nSPS) is 12.9. The molecule has 2 nitrogen and oxygen atoms in total. The summed E-state index contributed by atoms with van der Waals surface area (Å²) in [4.78, 5) is 0.448. The van der Waals surface area contributed by atoms with Gasteiger partial charge in [-0.15, -0.1) is 0 Å². The standard InChI is InChI=1S/C16H26O2S/c1-13(2)7-6-12-19(17,18)15-10-8-14(9-11-15)16(3,4)5/h8-11,13H,6-7,12H2,1-5H3. The molecule has 3 heteroatoms. The van der Waals surface area contributed by atoms with E-state index in [1.807, 2.05) is 12.1 Å². The van der Waals surface area contributed by atoms with Crippen molar-refractivity contribution in [1.29, 1.82) is 0 Å². The van der Waals surface area contributed by atoms with Crippen molar-refractivity contribution in [2.75, 3.05) is 5.75 Å². The summed E-state index contributed by atoms with van der Waals surface area (Å²) in [6.07, 6.45) is 1.69. The van der Waals surface area contributed by atoms with Crippen molar-refractivity contribution < 1.29 is 8.42 Å². The van der Waals surface area contributed by atoms with Gasteiger partial charge in [-0.25, -0.2) is 8.42 Å². The maximum atomic E-state index is 12.2. The van der Waals surface area contributed by atoms with Gasteiger partial charge in [0, 0.05) is 0 Å². The van der Waals surface area contributed by atoms with E-state index in [1.165, 1.54) is 0 Å². The van der Waals surface area contributed by atoms with Crippen LogP contribution < -0.4 is 0 Å². The van der Waals surface area contributed by atoms with Gasteiger partial charge in [0.05, 0.1) is 10.6 Å². The molecule has 0 aromatic heterocycles. The molecule has 0 bridgehead atoms. The lowest BCUT2D eigenvalue weighted by Gasteiger charge is -2.19. The molecule has 0 aliphatic rings. The van der Waals surface area contributed by atoms with Crippen LogP contribution in [-0.2, 0) is 15.3 Å². The Bertz CT molecular complexity index is 491. The van der Waals surface area contributed by atoms with Crippen LogP contribution >= 0.6 is 0 Å². The summed E-state index contributed by atoms with van der Waals surface area (Å²) in [5, 5.41) is 0. The summed E-state index contributed by atoms with van der Waals surface area (Å²) < 4.78 is 24.3. The topological polar surface area (TPSA) is 34.1 Å². The summed E-state index contributed by atoms with van der Waals surface area (Å²) in [6, 6.07) is 7.33. The van der Waals surface area contributed by atoms with Crippen molar-refractivity contribution in [3.8, 4) is 0 Å². The third-order valence-electron chi connectivity index (χ3n) is 3.27. The minimum Gasteiger partial charge on any atom is -0.224 e. The molecule has 19 heavy (non-hydrogen) atoms. The summed E-state index contributed by atoms with van der Waals surface area (Å²) in [7, 11) is -3.12. The van der Waals surface area contributed by atoms with E-state index in [4.69, 9.17) is 0 Å². The number of benzene rings is 1. The third kappa shape index (κ3) is 4.98. The average Bonchev–Trinajstić information content (AvgIpc) is 2.27. The van der Waals surface area contributed by atoms with Crippen LogP contribution in [0.15, 0.2) is 29.2 Å². The fourth-order valence-electron chi connectivity index (χ4n) is 1.96. The Balaban J connectivity index is 2.80. The molecule has 0 unspecified atom stereocenters. The first-order valence-electron chi connectivity index (χ1n) is 6.96. The Kier molecular flexibility index (Phi) is 5.19. The van der Waals surface area contributed by atoms with Gasteiger partial charge in [0.1, 0.15) is 0 Å². The molecule has 0 heterocycles. The SMILES string of the molecule is CC(C)CCCS(=O)(=O)c1ccc(C(C)(C)C)cc1. The number of hydrogen-bond donors (Lipinski definition) is 0. The molecule has 0 radical (unpaired) electrons. The molecule has 1 aromatic rings. The second-order valence-electron chi connectivity index (χ2n) is 6.63. The van der Waals surface area contributed by atoms with Gasteiger partial charge >= 0.3 is 0 Å². The lowest BCUT2D eigenvalue weighted by molar-refractivity contribution is 0.559. The molecule has 0 saturated carbocycles. The number of rotatable bonds is 5. The lowest BCUT2D eigenvalue weighted by Crippen LogP contribution is -2.12. The molecular formula is C16H26O2S. The molecular weight excluding hydrogens is 256 g/mol. The Morgan fingerprint density at radius 3 is 2.00 bits per heavy atom. The molecule has 0 amide bonds. The second-order valence-corrected chi connectivity index (χ2v) is 8.74. The first kappa shape index (κ1) is 16.2.